The Morgan fingerprint density at radius 2 is 2.17 bits per heavy atom. The second-order valence-corrected chi connectivity index (χ2v) is 3.07. The van der Waals surface area contributed by atoms with Crippen molar-refractivity contribution in [2.75, 3.05) is 7.05 Å². The molecular formula is C9H13NO2. The summed E-state index contributed by atoms with van der Waals surface area (Å²) in [4.78, 5) is 12.8. The second-order valence-electron chi connectivity index (χ2n) is 3.07. The van der Waals surface area contributed by atoms with Gasteiger partial charge in [-0.1, -0.05) is 5.92 Å². The van der Waals surface area contributed by atoms with Crippen molar-refractivity contribution in [2.45, 2.75) is 31.9 Å². The summed E-state index contributed by atoms with van der Waals surface area (Å²) in [5, 5.41) is 9.00. The number of rotatable bonds is 1. The van der Waals surface area contributed by atoms with Crippen molar-refractivity contribution in [1.29, 1.82) is 0 Å². The molecule has 1 N–H and O–H groups in total. The molecule has 0 aromatic rings. The van der Waals surface area contributed by atoms with Crippen LogP contribution >= 0.6 is 0 Å². The van der Waals surface area contributed by atoms with Crippen molar-refractivity contribution in [1.82, 2.24) is 4.90 Å². The maximum Gasteiger partial charge on any atom is 0.298 e. The van der Waals surface area contributed by atoms with E-state index in [0.29, 0.717) is 12.8 Å². The van der Waals surface area contributed by atoms with Crippen molar-refractivity contribution in [2.24, 2.45) is 0 Å². The molecule has 0 heterocycles. The molecule has 3 nitrogen and oxygen atoms in total. The number of nitrogens with zero attached hydrogens (tertiary/aromatic N) is 1. The summed E-state index contributed by atoms with van der Waals surface area (Å²) in [5.74, 6) is 4.87. The molecule has 0 bridgehead atoms. The van der Waals surface area contributed by atoms with Gasteiger partial charge in [0.1, 0.15) is 0 Å². The van der Waals surface area contributed by atoms with E-state index in [1.165, 1.54) is 0 Å². The summed E-state index contributed by atoms with van der Waals surface area (Å²) in [5.41, 5.74) is 0. The Labute approximate surface area is 72.4 Å². The summed E-state index contributed by atoms with van der Waals surface area (Å²) < 4.78 is 0. The zero-order chi connectivity index (χ0) is 9.14. The minimum atomic E-state index is -0.222. The molecule has 3 heteroatoms. The molecule has 1 fully saturated rings. The van der Waals surface area contributed by atoms with Gasteiger partial charge in [-0.05, 0) is 25.7 Å². The Balaban J connectivity index is 2.41. The first-order valence-corrected chi connectivity index (χ1v) is 4.02. The van der Waals surface area contributed by atoms with Crippen LogP contribution in [0, 0.1) is 11.8 Å². The van der Waals surface area contributed by atoms with Gasteiger partial charge in [0.25, 0.3) is 5.91 Å². The Kier molecular flexibility index (Phi) is 2.72. The summed E-state index contributed by atoms with van der Waals surface area (Å²) in [6.45, 7) is 1.64. The van der Waals surface area contributed by atoms with E-state index in [4.69, 9.17) is 5.11 Å². The normalized spacial score (nSPS) is 26.6. The van der Waals surface area contributed by atoms with Gasteiger partial charge in [-0.2, -0.15) is 0 Å². The van der Waals surface area contributed by atoms with Crippen molar-refractivity contribution < 1.29 is 9.90 Å². The SMILES string of the molecule is CC#CC(=O)N(C)C1CC(O)C1. The fraction of sp³-hybridized carbons (Fsp3) is 0.667. The molecule has 66 valence electrons. The highest BCUT2D eigenvalue weighted by Gasteiger charge is 2.32. The maximum atomic E-state index is 11.2. The largest absolute Gasteiger partial charge is 0.393 e. The number of aliphatic hydroxyl groups is 1. The monoisotopic (exact) mass is 167 g/mol. The van der Waals surface area contributed by atoms with Crippen LogP contribution in [-0.4, -0.2) is 35.1 Å². The lowest BCUT2D eigenvalue weighted by molar-refractivity contribution is -0.129. The van der Waals surface area contributed by atoms with Crippen LogP contribution in [0.5, 0.6) is 0 Å². The fourth-order valence-electron chi connectivity index (χ4n) is 1.24. The minimum Gasteiger partial charge on any atom is -0.393 e. The van der Waals surface area contributed by atoms with Crippen LogP contribution in [-0.2, 0) is 4.79 Å². The molecule has 0 spiro atoms. The van der Waals surface area contributed by atoms with Gasteiger partial charge < -0.3 is 10.0 Å². The molecule has 0 aromatic carbocycles. The Morgan fingerprint density at radius 1 is 1.58 bits per heavy atom. The van der Waals surface area contributed by atoms with E-state index in [0.717, 1.165) is 0 Å². The first kappa shape index (κ1) is 9.08. The van der Waals surface area contributed by atoms with E-state index < -0.39 is 0 Å². The third kappa shape index (κ3) is 1.77. The van der Waals surface area contributed by atoms with Crippen LogP contribution in [0.2, 0.25) is 0 Å². The number of hydrogen-bond acceptors (Lipinski definition) is 2. The lowest BCUT2D eigenvalue weighted by Crippen LogP contribution is -2.47. The summed E-state index contributed by atoms with van der Waals surface area (Å²) in [6.07, 6.45) is 1.15. The average molecular weight is 167 g/mol. The van der Waals surface area contributed by atoms with Crippen molar-refractivity contribution >= 4 is 5.91 Å². The van der Waals surface area contributed by atoms with Crippen LogP contribution in [0.4, 0.5) is 0 Å². The van der Waals surface area contributed by atoms with Gasteiger partial charge >= 0.3 is 0 Å². The molecule has 1 aliphatic carbocycles. The third-order valence-corrected chi connectivity index (χ3v) is 2.19. The highest BCUT2D eigenvalue weighted by molar-refractivity contribution is 5.93. The molecule has 0 atom stereocenters. The smallest absolute Gasteiger partial charge is 0.298 e. The average Bonchev–Trinajstić information content (AvgIpc) is 1.98. The molecule has 1 saturated carbocycles. The van der Waals surface area contributed by atoms with Gasteiger partial charge in [-0.25, -0.2) is 0 Å². The number of carbonyl (C=O) groups excluding carboxylic acids is 1. The Hall–Kier alpha value is -1.01. The summed E-state index contributed by atoms with van der Waals surface area (Å²) in [6, 6.07) is 0.188. The van der Waals surface area contributed by atoms with Gasteiger partial charge in [-0.3, -0.25) is 4.79 Å². The first-order valence-electron chi connectivity index (χ1n) is 4.02. The summed E-state index contributed by atoms with van der Waals surface area (Å²) in [7, 11) is 1.73. The predicted octanol–water partition coefficient (Wildman–Crippen LogP) is -0.00860. The van der Waals surface area contributed by atoms with Gasteiger partial charge in [-0.15, -0.1) is 0 Å². The molecule has 0 unspecified atom stereocenters. The van der Waals surface area contributed by atoms with Crippen LogP contribution in [0.15, 0.2) is 0 Å². The number of amides is 1. The van der Waals surface area contributed by atoms with Crippen molar-refractivity contribution in [3.63, 3.8) is 0 Å². The van der Waals surface area contributed by atoms with Crippen LogP contribution in [0.25, 0.3) is 0 Å². The van der Waals surface area contributed by atoms with E-state index in [9.17, 15) is 4.79 Å². The third-order valence-electron chi connectivity index (χ3n) is 2.19. The minimum absolute atomic E-state index is 0.158. The van der Waals surface area contributed by atoms with E-state index in [1.807, 2.05) is 0 Å². The molecule has 12 heavy (non-hydrogen) atoms. The predicted molar refractivity (Wildman–Crippen MR) is 45.2 cm³/mol. The van der Waals surface area contributed by atoms with Crippen LogP contribution in [0.1, 0.15) is 19.8 Å². The molecule has 0 aromatic heterocycles. The molecule has 0 aliphatic heterocycles. The van der Waals surface area contributed by atoms with Gasteiger partial charge in [0.2, 0.25) is 0 Å². The molecular weight excluding hydrogens is 154 g/mol. The topological polar surface area (TPSA) is 40.5 Å². The van der Waals surface area contributed by atoms with E-state index in [2.05, 4.69) is 11.8 Å². The highest BCUT2D eigenvalue weighted by atomic mass is 16.3. The van der Waals surface area contributed by atoms with Gasteiger partial charge in [0.05, 0.1) is 6.10 Å². The molecule has 0 radical (unpaired) electrons. The zero-order valence-corrected chi connectivity index (χ0v) is 7.37. The van der Waals surface area contributed by atoms with E-state index >= 15 is 0 Å². The van der Waals surface area contributed by atoms with E-state index in [1.54, 1.807) is 18.9 Å². The Bertz CT molecular complexity index is 233. The quantitative estimate of drug-likeness (QED) is 0.558. The number of carbonyl (C=O) groups is 1. The van der Waals surface area contributed by atoms with E-state index in [-0.39, 0.29) is 18.1 Å². The fourth-order valence-corrected chi connectivity index (χ4v) is 1.24. The molecule has 0 saturated heterocycles. The van der Waals surface area contributed by atoms with Crippen LogP contribution < -0.4 is 0 Å². The lowest BCUT2D eigenvalue weighted by Gasteiger charge is -2.37. The highest BCUT2D eigenvalue weighted by Crippen LogP contribution is 2.24. The lowest BCUT2D eigenvalue weighted by atomic mass is 9.88. The number of aliphatic hydroxyl groups excluding tert-OH is 1. The second kappa shape index (κ2) is 3.59. The standard InChI is InChI=1S/C9H13NO2/c1-3-4-9(12)10(2)7-5-8(11)6-7/h7-8,11H,5-6H2,1-2H3. The maximum absolute atomic E-state index is 11.2. The summed E-state index contributed by atoms with van der Waals surface area (Å²) >= 11 is 0. The van der Waals surface area contributed by atoms with Crippen LogP contribution in [0.3, 0.4) is 0 Å². The number of hydrogen-bond donors (Lipinski definition) is 1. The molecule has 1 amide bonds. The van der Waals surface area contributed by atoms with Gasteiger partial charge in [0, 0.05) is 13.1 Å². The van der Waals surface area contributed by atoms with Gasteiger partial charge in [0.15, 0.2) is 0 Å². The van der Waals surface area contributed by atoms with Crippen molar-refractivity contribution in [3.8, 4) is 11.8 Å². The molecule has 1 rings (SSSR count). The Morgan fingerprint density at radius 3 is 2.58 bits per heavy atom. The molecule has 1 aliphatic rings. The van der Waals surface area contributed by atoms with Crippen molar-refractivity contribution in [3.05, 3.63) is 0 Å². The zero-order valence-electron chi connectivity index (χ0n) is 7.37. The first-order chi connectivity index (χ1) is 5.65.